The van der Waals surface area contributed by atoms with Crippen molar-refractivity contribution in [2.24, 2.45) is 5.14 Å². The lowest BCUT2D eigenvalue weighted by atomic mass is 10.1. The maximum atomic E-state index is 12.8. The molecule has 0 bridgehead atoms. The van der Waals surface area contributed by atoms with E-state index in [1.165, 1.54) is 12.3 Å². The van der Waals surface area contributed by atoms with Crippen molar-refractivity contribution in [3.05, 3.63) is 82.8 Å². The Morgan fingerprint density at radius 1 is 1.21 bits per heavy atom. The number of primary sulfonamides is 1. The molecule has 0 aliphatic heterocycles. The summed E-state index contributed by atoms with van der Waals surface area (Å²) in [6, 6.07) is 15.1. The number of carbonyl (C=O) groups is 1. The van der Waals surface area contributed by atoms with Crippen LogP contribution in [0.2, 0.25) is 5.02 Å². The minimum Gasteiger partial charge on any atom is -0.467 e. The minimum atomic E-state index is -4.13. The van der Waals surface area contributed by atoms with Gasteiger partial charge in [-0.25, -0.2) is 18.4 Å². The van der Waals surface area contributed by atoms with Gasteiger partial charge in [-0.05, 0) is 36.8 Å². The van der Waals surface area contributed by atoms with E-state index < -0.39 is 22.1 Å². The zero-order valence-corrected chi connectivity index (χ0v) is 17.0. The lowest BCUT2D eigenvalue weighted by Crippen LogP contribution is -2.17. The highest BCUT2D eigenvalue weighted by molar-refractivity contribution is 7.89. The average molecular weight is 435 g/mol. The maximum absolute atomic E-state index is 12.8. The fourth-order valence-electron chi connectivity index (χ4n) is 2.70. The minimum absolute atomic E-state index is 0.00670. The van der Waals surface area contributed by atoms with Crippen molar-refractivity contribution in [2.75, 3.05) is 5.32 Å². The molecular formula is C20H19ClN2O5S. The van der Waals surface area contributed by atoms with Crippen LogP contribution < -0.4 is 10.5 Å². The molecule has 0 aliphatic carbocycles. The Labute approximate surface area is 173 Å². The molecule has 0 radical (unpaired) electrons. The summed E-state index contributed by atoms with van der Waals surface area (Å²) in [6.07, 6.45) is 0.973. The monoisotopic (exact) mass is 434 g/mol. The van der Waals surface area contributed by atoms with Gasteiger partial charge >= 0.3 is 5.97 Å². The molecule has 3 rings (SSSR count). The molecule has 1 aromatic heterocycles. The molecule has 9 heteroatoms. The van der Waals surface area contributed by atoms with Crippen molar-refractivity contribution in [1.29, 1.82) is 0 Å². The largest absolute Gasteiger partial charge is 0.467 e. The summed E-state index contributed by atoms with van der Waals surface area (Å²) >= 11 is 6.08. The van der Waals surface area contributed by atoms with Gasteiger partial charge in [0.25, 0.3) is 0 Å². The number of benzene rings is 2. The predicted molar refractivity (Wildman–Crippen MR) is 109 cm³/mol. The number of nitrogens with one attached hydrogen (secondary N) is 1. The molecule has 0 saturated carbocycles. The number of hydrogen-bond acceptors (Lipinski definition) is 6. The number of sulfonamides is 1. The van der Waals surface area contributed by atoms with Gasteiger partial charge < -0.3 is 14.5 Å². The van der Waals surface area contributed by atoms with Crippen molar-refractivity contribution >= 4 is 33.3 Å². The second-order valence-electron chi connectivity index (χ2n) is 6.26. The van der Waals surface area contributed by atoms with E-state index in [1.807, 2.05) is 30.3 Å². The molecular weight excluding hydrogens is 416 g/mol. The van der Waals surface area contributed by atoms with Crippen LogP contribution in [0, 0.1) is 0 Å². The fourth-order valence-corrected chi connectivity index (χ4v) is 3.80. The molecule has 1 atom stereocenters. The molecule has 7 nitrogen and oxygen atoms in total. The highest BCUT2D eigenvalue weighted by Crippen LogP contribution is 2.30. The number of anilines is 1. The Morgan fingerprint density at radius 2 is 1.93 bits per heavy atom. The molecule has 0 spiro atoms. The summed E-state index contributed by atoms with van der Waals surface area (Å²) in [7, 11) is -4.13. The smallest absolute Gasteiger partial charge is 0.340 e. The van der Waals surface area contributed by atoms with Crippen LogP contribution >= 0.6 is 11.6 Å². The third kappa shape index (κ3) is 5.17. The number of ether oxygens (including phenoxy) is 1. The Balaban J connectivity index is 1.93. The summed E-state index contributed by atoms with van der Waals surface area (Å²) in [5, 5.41) is 8.13. The third-order valence-electron chi connectivity index (χ3n) is 4.18. The van der Waals surface area contributed by atoms with Gasteiger partial charge in [-0.15, -0.1) is 0 Å². The number of halogens is 1. The van der Waals surface area contributed by atoms with E-state index in [0.29, 0.717) is 11.4 Å². The van der Waals surface area contributed by atoms with E-state index in [0.717, 1.165) is 11.6 Å². The van der Waals surface area contributed by atoms with Crippen LogP contribution in [0.25, 0.3) is 0 Å². The Morgan fingerprint density at radius 3 is 2.55 bits per heavy atom. The number of furan rings is 1. The number of esters is 1. The van der Waals surface area contributed by atoms with E-state index in [4.69, 9.17) is 25.9 Å². The first-order valence-corrected chi connectivity index (χ1v) is 10.6. The predicted octanol–water partition coefficient (Wildman–Crippen LogP) is 4.11. The number of hydrogen-bond donors (Lipinski definition) is 2. The molecule has 0 fully saturated rings. The molecule has 2 aromatic carbocycles. The third-order valence-corrected chi connectivity index (χ3v) is 5.56. The van der Waals surface area contributed by atoms with Crippen LogP contribution in [0.15, 0.2) is 70.2 Å². The Hall–Kier alpha value is -2.81. The van der Waals surface area contributed by atoms with Crippen molar-refractivity contribution in [3.63, 3.8) is 0 Å². The van der Waals surface area contributed by atoms with Gasteiger partial charge in [-0.1, -0.05) is 41.9 Å². The van der Waals surface area contributed by atoms with Gasteiger partial charge in [0, 0.05) is 0 Å². The molecule has 3 N–H and O–H groups in total. The normalized spacial score (nSPS) is 12.4. The van der Waals surface area contributed by atoms with E-state index in [9.17, 15) is 13.2 Å². The van der Waals surface area contributed by atoms with Gasteiger partial charge in [0.1, 0.15) is 16.8 Å². The van der Waals surface area contributed by atoms with Crippen molar-refractivity contribution in [1.82, 2.24) is 0 Å². The lowest BCUT2D eigenvalue weighted by molar-refractivity contribution is 0.0338. The lowest BCUT2D eigenvalue weighted by Gasteiger charge is -2.17. The van der Waals surface area contributed by atoms with E-state index in [1.54, 1.807) is 19.1 Å². The van der Waals surface area contributed by atoms with Crippen LogP contribution in [0.1, 0.15) is 34.7 Å². The molecule has 29 heavy (non-hydrogen) atoms. The molecule has 0 amide bonds. The van der Waals surface area contributed by atoms with Crippen LogP contribution in [-0.4, -0.2) is 14.4 Å². The number of nitrogens with two attached hydrogens (primary N) is 1. The van der Waals surface area contributed by atoms with Gasteiger partial charge in [-0.2, -0.15) is 0 Å². The highest BCUT2D eigenvalue weighted by Gasteiger charge is 2.23. The highest BCUT2D eigenvalue weighted by atomic mass is 35.5. The molecule has 1 heterocycles. The zero-order valence-electron chi connectivity index (χ0n) is 15.5. The van der Waals surface area contributed by atoms with Crippen molar-refractivity contribution in [2.45, 2.75) is 24.5 Å². The number of carbonyl (C=O) groups excluding carboxylic acids is 1. The Bertz CT molecular complexity index is 1100. The summed E-state index contributed by atoms with van der Waals surface area (Å²) in [5.74, 6) is -0.0986. The van der Waals surface area contributed by atoms with Gasteiger partial charge in [0.15, 0.2) is 0 Å². The molecule has 0 aliphatic rings. The Kier molecular flexibility index (Phi) is 6.26. The summed E-state index contributed by atoms with van der Waals surface area (Å²) in [6.45, 7) is 1.98. The molecule has 152 valence electrons. The van der Waals surface area contributed by atoms with Crippen LogP contribution in [0.4, 0.5) is 5.69 Å². The topological polar surface area (TPSA) is 112 Å². The molecule has 3 aromatic rings. The number of rotatable bonds is 7. The molecule has 0 saturated heterocycles. The second kappa shape index (κ2) is 8.69. The summed E-state index contributed by atoms with van der Waals surface area (Å²) in [5.41, 5.74) is 1.09. The first-order chi connectivity index (χ1) is 13.8. The second-order valence-corrected chi connectivity index (χ2v) is 8.20. The standard InChI is InChI=1S/C20H19ClN2O5S/c1-13(14-6-3-2-4-7-14)28-20(24)16-10-19(29(22,25)26)17(21)11-18(16)23-12-15-8-5-9-27-15/h2-11,13,23H,12H2,1H3,(H2,22,25,26)/t13-/m0/s1. The quantitative estimate of drug-likeness (QED) is 0.541. The fraction of sp³-hybridized carbons (Fsp3) is 0.150. The van der Waals surface area contributed by atoms with Crippen LogP contribution in [0.3, 0.4) is 0 Å². The zero-order chi connectivity index (χ0) is 21.0. The van der Waals surface area contributed by atoms with Crippen LogP contribution in [-0.2, 0) is 21.3 Å². The first kappa shape index (κ1) is 20.9. The first-order valence-electron chi connectivity index (χ1n) is 8.64. The van der Waals surface area contributed by atoms with Gasteiger partial charge in [0.2, 0.25) is 10.0 Å². The summed E-state index contributed by atoms with van der Waals surface area (Å²) < 4.78 is 34.5. The summed E-state index contributed by atoms with van der Waals surface area (Å²) in [4.78, 5) is 12.5. The maximum Gasteiger partial charge on any atom is 0.340 e. The molecule has 0 unspecified atom stereocenters. The van der Waals surface area contributed by atoms with Crippen molar-refractivity contribution in [3.8, 4) is 0 Å². The van der Waals surface area contributed by atoms with Crippen LogP contribution in [0.5, 0.6) is 0 Å². The van der Waals surface area contributed by atoms with E-state index >= 15 is 0 Å². The average Bonchev–Trinajstić information content (AvgIpc) is 3.19. The van der Waals surface area contributed by atoms with Gasteiger partial charge in [-0.3, -0.25) is 0 Å². The van der Waals surface area contributed by atoms with E-state index in [-0.39, 0.29) is 22.0 Å². The van der Waals surface area contributed by atoms with Crippen molar-refractivity contribution < 1.29 is 22.4 Å². The van der Waals surface area contributed by atoms with Gasteiger partial charge in [0.05, 0.1) is 29.1 Å². The van der Waals surface area contributed by atoms with E-state index in [2.05, 4.69) is 5.32 Å². The SMILES string of the molecule is C[C@H](OC(=O)c1cc(S(N)(=O)=O)c(Cl)cc1NCc1ccco1)c1ccccc1.